The number of hydrogen-bond donors (Lipinski definition) is 0. The Morgan fingerprint density at radius 1 is 0.363 bits per heavy atom. The topological polar surface area (TPSA) is 163 Å². The van der Waals surface area contributed by atoms with Crippen LogP contribution in [0.15, 0.2) is 48.5 Å². The van der Waals surface area contributed by atoms with Gasteiger partial charge in [0.05, 0.1) is 106 Å². The Morgan fingerprint density at radius 3 is 0.922 bits per heavy atom. The van der Waals surface area contributed by atoms with E-state index < -0.39 is 0 Å². The van der Waals surface area contributed by atoms with Gasteiger partial charge in [-0.15, -0.1) is 0 Å². The fourth-order valence-electron chi connectivity index (χ4n) is 12.6. The molecule has 2 unspecified atom stereocenters. The van der Waals surface area contributed by atoms with E-state index in [4.69, 9.17) is 66.3 Å². The van der Waals surface area contributed by atoms with Crippen molar-refractivity contribution in [2.24, 2.45) is 0 Å². The normalized spacial score (nSPS) is 17.8. The maximum absolute atomic E-state index is 12.5. The summed E-state index contributed by atoms with van der Waals surface area (Å²) in [6.45, 7) is 34.8. The largest absolute Gasteiger partial charge is 0.491 e. The van der Waals surface area contributed by atoms with Crippen LogP contribution in [0.3, 0.4) is 0 Å². The zero-order valence-corrected chi connectivity index (χ0v) is 67.1. The van der Waals surface area contributed by atoms with Crippen LogP contribution in [0, 0.1) is 0 Å². The summed E-state index contributed by atoms with van der Waals surface area (Å²) < 4.78 is 88.4. The lowest BCUT2D eigenvalue weighted by atomic mass is 9.79. The first-order valence-corrected chi connectivity index (χ1v) is 42.4. The molecule has 4 aromatic rings. The van der Waals surface area contributed by atoms with Crippen LogP contribution in [0.1, 0.15) is 214 Å². The van der Waals surface area contributed by atoms with E-state index in [1.807, 2.05) is 43.2 Å². The standard InChI is InChI=1S/C82H122O16S4/c1-79(2,3)67-51-59-47-63-55-69(81(7,8)9)57-65(77(63)97-43-37-91-31-29-87-33-39-93-73(83)19-15-13-17-71-21-45-99-101-71)49-61-53-68(80(4,5)6)54-62-50-66-58-70(82(10,11)12)56-64(78(66)98-44-38-92-32-30-88-34-40-94-74(84)20-16-14-18-72-22-46-100-102-72)48-60(52-67)75(59)95-41-35-89-27-25-85-23-24-86-26-28-90-36-42-96-76(61)62/h51-58,71-72H,13-50H2,1-12H3. The number of hydrogen-bond acceptors (Lipinski definition) is 20. The molecule has 0 N–H and O–H groups in total. The lowest BCUT2D eigenvalue weighted by Gasteiger charge is -2.29. The fourth-order valence-corrected chi connectivity index (χ4v) is 18.6. The number of esters is 2. The number of benzene rings is 4. The van der Waals surface area contributed by atoms with Gasteiger partial charge >= 0.3 is 11.9 Å². The molecule has 2 saturated heterocycles. The Balaban J connectivity index is 1.13. The van der Waals surface area contributed by atoms with Crippen molar-refractivity contribution >= 4 is 55.1 Å². The van der Waals surface area contributed by atoms with Gasteiger partial charge in [-0.25, -0.2) is 0 Å². The Labute approximate surface area is 627 Å². The van der Waals surface area contributed by atoms with E-state index in [1.54, 1.807) is 0 Å². The van der Waals surface area contributed by atoms with Gasteiger partial charge in [-0.2, -0.15) is 0 Å². The van der Waals surface area contributed by atoms with Crippen molar-refractivity contribution in [1.82, 2.24) is 0 Å². The van der Waals surface area contributed by atoms with E-state index in [0.717, 1.165) is 106 Å². The number of fused-ring (bicyclic) bond motifs is 2. The number of rotatable bonds is 30. The Hall–Kier alpha value is -3.90. The van der Waals surface area contributed by atoms with Crippen LogP contribution in [-0.4, -0.2) is 179 Å². The minimum absolute atomic E-state index is 0.167. The van der Waals surface area contributed by atoms with E-state index in [0.29, 0.717) is 168 Å². The molecule has 570 valence electrons. The molecule has 0 saturated carbocycles. The zero-order valence-electron chi connectivity index (χ0n) is 63.8. The third-order valence-electron chi connectivity index (χ3n) is 18.5. The third kappa shape index (κ3) is 29.0. The van der Waals surface area contributed by atoms with E-state index in [-0.39, 0.29) is 60.0 Å². The number of ether oxygens (including phenoxy) is 14. The Kier molecular flexibility index (Phi) is 35.5. The third-order valence-corrected chi connectivity index (χ3v) is 24.5. The van der Waals surface area contributed by atoms with Crippen molar-refractivity contribution in [3.63, 3.8) is 0 Å². The summed E-state index contributed by atoms with van der Waals surface area (Å²) in [6, 6.07) is 18.7. The summed E-state index contributed by atoms with van der Waals surface area (Å²) in [5.41, 5.74) is 12.0. The molecule has 2 atom stereocenters. The maximum atomic E-state index is 12.5. The molecule has 0 aromatic heterocycles. The Morgan fingerprint density at radius 2 is 0.637 bits per heavy atom. The molecule has 0 radical (unpaired) electrons. The molecule has 0 spiro atoms. The number of carbonyl (C=O) groups excluding carboxylic acids is 2. The van der Waals surface area contributed by atoms with Gasteiger partial charge in [0.2, 0.25) is 0 Å². The second-order valence-electron chi connectivity index (χ2n) is 31.1. The second-order valence-corrected chi connectivity index (χ2v) is 36.7. The van der Waals surface area contributed by atoms with Crippen molar-refractivity contribution in [2.75, 3.05) is 157 Å². The van der Waals surface area contributed by atoms with Crippen molar-refractivity contribution in [2.45, 2.75) is 205 Å². The molecule has 4 aliphatic rings. The zero-order chi connectivity index (χ0) is 72.8. The van der Waals surface area contributed by atoms with Crippen LogP contribution in [0.5, 0.6) is 23.0 Å². The summed E-state index contributed by atoms with van der Waals surface area (Å²) in [6.07, 6.45) is 11.5. The molecule has 0 amide bonds. The van der Waals surface area contributed by atoms with Crippen LogP contribution in [0.2, 0.25) is 0 Å². The van der Waals surface area contributed by atoms with Gasteiger partial charge in [0.1, 0.15) is 62.6 Å². The second kappa shape index (κ2) is 43.2. The predicted octanol–water partition coefficient (Wildman–Crippen LogP) is 16.7. The SMILES string of the molecule is CC(C)(C)c1cc2c3c(c1)Cc1cc(C(C)(C)C)cc(c1OCCOCCOCCOC(=O)CCCCC1CCSS1)Cc1cc(C(C)(C)C)cc(c1OCCOCCOCCOCCOCCO3)Cc1cc(C(C)(C)C)cc(c1OCCOCCOCCOC(=O)CCCCC1CCSS1)C2. The minimum atomic E-state index is -0.253. The van der Waals surface area contributed by atoms with Crippen LogP contribution in [-0.2, 0) is 104 Å². The average Bonchev–Trinajstić information content (AvgIpc) is 0.921. The lowest BCUT2D eigenvalue weighted by molar-refractivity contribution is -0.146. The summed E-state index contributed by atoms with van der Waals surface area (Å²) in [4.78, 5) is 25.0. The molecule has 8 rings (SSSR count). The molecule has 4 aromatic carbocycles. The van der Waals surface area contributed by atoms with Crippen LogP contribution in [0.4, 0.5) is 0 Å². The monoisotopic (exact) mass is 1490 g/mol. The van der Waals surface area contributed by atoms with Gasteiger partial charge in [0, 0.05) is 60.5 Å². The Bertz CT molecular complexity index is 2870. The summed E-state index contributed by atoms with van der Waals surface area (Å²) in [5, 5.41) is 1.43. The first-order chi connectivity index (χ1) is 49.0. The highest BCUT2D eigenvalue weighted by atomic mass is 33.1. The number of carbonyl (C=O) groups is 2. The molecular formula is C82H122O16S4. The molecular weight excluding hydrogens is 1370 g/mol. The van der Waals surface area contributed by atoms with Gasteiger partial charge in [-0.05, 0) is 127 Å². The van der Waals surface area contributed by atoms with Crippen LogP contribution >= 0.6 is 43.2 Å². The quantitative estimate of drug-likeness (QED) is 0.0242. The molecule has 2 fully saturated rings. The molecule has 10 bridgehead atoms. The van der Waals surface area contributed by atoms with E-state index in [2.05, 4.69) is 132 Å². The highest BCUT2D eigenvalue weighted by Gasteiger charge is 2.31. The maximum Gasteiger partial charge on any atom is 0.305 e. The fraction of sp³-hybridized carbons (Fsp3) is 0.683. The summed E-state index contributed by atoms with van der Waals surface area (Å²) in [5.74, 6) is 5.32. The number of unbranched alkanes of at least 4 members (excludes halogenated alkanes) is 2. The molecule has 16 nitrogen and oxygen atoms in total. The van der Waals surface area contributed by atoms with Gasteiger partial charge in [0.15, 0.2) is 0 Å². The molecule has 1 aliphatic carbocycles. The highest BCUT2D eigenvalue weighted by molar-refractivity contribution is 8.77. The smallest absolute Gasteiger partial charge is 0.305 e. The molecule has 102 heavy (non-hydrogen) atoms. The van der Waals surface area contributed by atoms with Gasteiger partial charge in [-0.3, -0.25) is 9.59 Å². The van der Waals surface area contributed by atoms with Crippen molar-refractivity contribution in [3.05, 3.63) is 115 Å². The van der Waals surface area contributed by atoms with Crippen LogP contribution < -0.4 is 18.9 Å². The van der Waals surface area contributed by atoms with Gasteiger partial charge in [-0.1, -0.05) is 188 Å². The van der Waals surface area contributed by atoms with Crippen molar-refractivity contribution < 1.29 is 75.9 Å². The van der Waals surface area contributed by atoms with Gasteiger partial charge < -0.3 is 66.3 Å². The molecule has 3 aliphatic heterocycles. The van der Waals surface area contributed by atoms with E-state index >= 15 is 0 Å². The highest BCUT2D eigenvalue weighted by Crippen LogP contribution is 2.46. The van der Waals surface area contributed by atoms with Crippen LogP contribution in [0.25, 0.3) is 0 Å². The van der Waals surface area contributed by atoms with E-state index in [1.165, 1.54) is 46.6 Å². The van der Waals surface area contributed by atoms with Crippen molar-refractivity contribution in [3.8, 4) is 23.0 Å². The summed E-state index contributed by atoms with van der Waals surface area (Å²) >= 11 is 0. The average molecular weight is 1490 g/mol. The molecule has 3 heterocycles. The van der Waals surface area contributed by atoms with Gasteiger partial charge in [0.25, 0.3) is 0 Å². The molecule has 20 heteroatoms. The lowest BCUT2D eigenvalue weighted by Crippen LogP contribution is -2.19. The first-order valence-electron chi connectivity index (χ1n) is 37.7. The predicted molar refractivity (Wildman–Crippen MR) is 416 cm³/mol. The minimum Gasteiger partial charge on any atom is -0.491 e. The van der Waals surface area contributed by atoms with Crippen molar-refractivity contribution in [1.29, 1.82) is 0 Å². The van der Waals surface area contributed by atoms with E-state index in [9.17, 15) is 9.59 Å². The first kappa shape index (κ1) is 83.7. The summed E-state index contributed by atoms with van der Waals surface area (Å²) in [7, 11) is 7.88.